The van der Waals surface area contributed by atoms with Gasteiger partial charge >= 0.3 is 11.8 Å². The van der Waals surface area contributed by atoms with Gasteiger partial charge in [-0.3, -0.25) is 0 Å². The van der Waals surface area contributed by atoms with Crippen molar-refractivity contribution in [3.8, 4) is 0 Å². The lowest BCUT2D eigenvalue weighted by molar-refractivity contribution is -0.738. The minimum absolute atomic E-state index is 0.161. The third kappa shape index (κ3) is 1.27. The number of hydrogen-bond acceptors (Lipinski definition) is 6. The average molecular weight is 218 g/mol. The summed E-state index contributed by atoms with van der Waals surface area (Å²) >= 11 is 0. The van der Waals surface area contributed by atoms with Gasteiger partial charge in [-0.1, -0.05) is 32.6 Å². The highest BCUT2D eigenvalue weighted by Gasteiger charge is 2.88. The molecule has 2 atom stereocenters. The summed E-state index contributed by atoms with van der Waals surface area (Å²) in [6.07, 6.45) is 5.40. The van der Waals surface area contributed by atoms with Gasteiger partial charge in [0.15, 0.2) is 6.10 Å². The zero-order valence-electron chi connectivity index (χ0n) is 8.56. The molecule has 6 nitrogen and oxygen atoms in total. The Morgan fingerprint density at radius 2 is 1.73 bits per heavy atom. The summed E-state index contributed by atoms with van der Waals surface area (Å²) in [7, 11) is 0. The lowest BCUT2D eigenvalue weighted by Crippen LogP contribution is -2.74. The number of rotatable bonds is 5. The first-order chi connectivity index (χ1) is 7.33. The van der Waals surface area contributed by atoms with Gasteiger partial charge in [-0.2, -0.15) is 24.4 Å². The number of hydrogen-bond donors (Lipinski definition) is 0. The van der Waals surface area contributed by atoms with Crippen molar-refractivity contribution in [2.45, 2.75) is 56.9 Å². The molecule has 0 bridgehead atoms. The predicted octanol–water partition coefficient (Wildman–Crippen LogP) is 1.56. The van der Waals surface area contributed by atoms with Crippen molar-refractivity contribution in [2.75, 3.05) is 0 Å². The molecule has 0 aromatic carbocycles. The molecule has 0 aromatic heterocycles. The van der Waals surface area contributed by atoms with E-state index in [1.807, 2.05) is 0 Å². The molecule has 3 rings (SSSR count). The zero-order chi connectivity index (χ0) is 10.4. The maximum atomic E-state index is 4.98. The first-order valence-corrected chi connectivity index (χ1v) is 5.41. The van der Waals surface area contributed by atoms with E-state index in [2.05, 4.69) is 6.92 Å². The topological polar surface area (TPSA) is 62.0 Å². The van der Waals surface area contributed by atoms with Gasteiger partial charge in [0.2, 0.25) is 0 Å². The van der Waals surface area contributed by atoms with E-state index in [0.717, 1.165) is 12.8 Å². The molecule has 3 fully saturated rings. The van der Waals surface area contributed by atoms with Crippen LogP contribution in [0.25, 0.3) is 0 Å². The van der Waals surface area contributed by atoms with Crippen molar-refractivity contribution in [3.63, 3.8) is 0 Å². The highest BCUT2D eigenvalue weighted by atomic mass is 17.6. The van der Waals surface area contributed by atoms with Gasteiger partial charge in [0, 0.05) is 0 Å². The highest BCUT2D eigenvalue weighted by Crippen LogP contribution is 2.60. The van der Waals surface area contributed by atoms with Crippen LogP contribution >= 0.6 is 0 Å². The van der Waals surface area contributed by atoms with Crippen LogP contribution in [0.3, 0.4) is 0 Å². The van der Waals surface area contributed by atoms with E-state index in [9.17, 15) is 0 Å². The molecule has 0 N–H and O–H groups in total. The largest absolute Gasteiger partial charge is 0.428 e. The number of unbranched alkanes of at least 4 members (excludes halogenated alkanes) is 3. The Bertz CT molecular complexity index is 249. The first-order valence-electron chi connectivity index (χ1n) is 5.41. The predicted molar refractivity (Wildman–Crippen MR) is 44.5 cm³/mol. The van der Waals surface area contributed by atoms with E-state index in [-0.39, 0.29) is 6.10 Å². The first kappa shape index (κ1) is 9.95. The summed E-state index contributed by atoms with van der Waals surface area (Å²) in [6.45, 7) is 2.17. The second kappa shape index (κ2) is 3.38. The maximum Gasteiger partial charge on any atom is 0.428 e. The molecule has 6 heteroatoms. The minimum Gasteiger partial charge on any atom is -0.224 e. The summed E-state index contributed by atoms with van der Waals surface area (Å²) in [5.74, 6) is -2.11. The smallest absolute Gasteiger partial charge is 0.224 e. The Morgan fingerprint density at radius 1 is 0.933 bits per heavy atom. The zero-order valence-corrected chi connectivity index (χ0v) is 8.56. The van der Waals surface area contributed by atoms with Crippen LogP contribution in [0.2, 0.25) is 0 Å². The Morgan fingerprint density at radius 3 is 2.20 bits per heavy atom. The summed E-state index contributed by atoms with van der Waals surface area (Å²) < 4.78 is 0. The Labute approximate surface area is 87.1 Å². The molecule has 15 heavy (non-hydrogen) atoms. The van der Waals surface area contributed by atoms with Gasteiger partial charge in [-0.15, -0.1) is 0 Å². The van der Waals surface area contributed by atoms with E-state index in [4.69, 9.17) is 29.3 Å². The van der Waals surface area contributed by atoms with Gasteiger partial charge in [0.05, 0.1) is 0 Å². The lowest BCUT2D eigenvalue weighted by Gasteiger charge is -2.50. The standard InChI is InChI=1S/C9H14O6/c1-2-3-4-5-6-7-8(11-10-7)9(13-12-8)14-15-9/h7H,2-6H2,1H3. The highest BCUT2D eigenvalue weighted by molar-refractivity contribution is 4.98. The van der Waals surface area contributed by atoms with Crippen LogP contribution in [0.5, 0.6) is 0 Å². The molecule has 3 aliphatic rings. The molecular weight excluding hydrogens is 204 g/mol. The summed E-state index contributed by atoms with van der Waals surface area (Å²) in [4.78, 5) is 28.9. The Hall–Kier alpha value is -0.240. The maximum absolute atomic E-state index is 4.98. The molecule has 3 heterocycles. The van der Waals surface area contributed by atoms with Gasteiger partial charge < -0.3 is 0 Å². The molecule has 0 amide bonds. The molecule has 0 aromatic rings. The Kier molecular flexibility index (Phi) is 2.24. The summed E-state index contributed by atoms with van der Waals surface area (Å²) in [6, 6.07) is 0. The van der Waals surface area contributed by atoms with Gasteiger partial charge in [-0.05, 0) is 6.42 Å². The molecule has 0 aliphatic carbocycles. The van der Waals surface area contributed by atoms with Gasteiger partial charge in [0.25, 0.3) is 0 Å². The fraction of sp³-hybridized carbons (Fsp3) is 1.00. The molecule has 0 saturated carbocycles. The Balaban J connectivity index is 1.47. The molecule has 0 radical (unpaired) electrons. The second-order valence-electron chi connectivity index (χ2n) is 4.07. The van der Waals surface area contributed by atoms with Crippen molar-refractivity contribution >= 4 is 0 Å². The van der Waals surface area contributed by atoms with E-state index < -0.39 is 11.8 Å². The third-order valence-corrected chi connectivity index (χ3v) is 2.97. The monoisotopic (exact) mass is 218 g/mol. The normalized spacial score (nSPS) is 40.2. The van der Waals surface area contributed by atoms with E-state index in [1.54, 1.807) is 0 Å². The summed E-state index contributed by atoms with van der Waals surface area (Å²) in [5.41, 5.74) is 0. The lowest BCUT2D eigenvalue weighted by atomic mass is 9.98. The molecule has 2 unspecified atom stereocenters. The number of fused-ring (bicyclic) bond motifs is 1. The van der Waals surface area contributed by atoms with Crippen LogP contribution in [-0.4, -0.2) is 17.9 Å². The molecule has 3 aliphatic heterocycles. The van der Waals surface area contributed by atoms with Crippen LogP contribution in [0.1, 0.15) is 39.0 Å². The third-order valence-electron chi connectivity index (χ3n) is 2.97. The van der Waals surface area contributed by atoms with Gasteiger partial charge in [0.1, 0.15) is 0 Å². The van der Waals surface area contributed by atoms with Crippen molar-refractivity contribution in [3.05, 3.63) is 0 Å². The van der Waals surface area contributed by atoms with Crippen LogP contribution in [0, 0.1) is 0 Å². The van der Waals surface area contributed by atoms with Crippen LogP contribution in [0.4, 0.5) is 0 Å². The molecular formula is C9H14O6. The van der Waals surface area contributed by atoms with Crippen LogP contribution in [-0.2, 0) is 29.3 Å². The van der Waals surface area contributed by atoms with Crippen molar-refractivity contribution in [1.29, 1.82) is 0 Å². The van der Waals surface area contributed by atoms with E-state index >= 15 is 0 Å². The molecule has 3 saturated heterocycles. The molecule has 86 valence electrons. The van der Waals surface area contributed by atoms with Crippen molar-refractivity contribution in [2.24, 2.45) is 0 Å². The fourth-order valence-corrected chi connectivity index (χ4v) is 1.89. The van der Waals surface area contributed by atoms with Crippen molar-refractivity contribution in [1.82, 2.24) is 0 Å². The van der Waals surface area contributed by atoms with Crippen molar-refractivity contribution < 1.29 is 29.3 Å². The van der Waals surface area contributed by atoms with E-state index in [0.29, 0.717) is 0 Å². The SMILES string of the molecule is CCCCCCC1OOC12OOC21OO1. The van der Waals surface area contributed by atoms with Crippen LogP contribution in [0.15, 0.2) is 0 Å². The summed E-state index contributed by atoms with van der Waals surface area (Å²) in [5, 5.41) is 0. The fourth-order valence-electron chi connectivity index (χ4n) is 1.89. The quantitative estimate of drug-likeness (QED) is 0.396. The van der Waals surface area contributed by atoms with Crippen LogP contribution < -0.4 is 0 Å². The molecule has 2 spiro atoms. The van der Waals surface area contributed by atoms with Gasteiger partial charge in [-0.25, -0.2) is 4.89 Å². The minimum atomic E-state index is -1.14. The second-order valence-corrected chi connectivity index (χ2v) is 4.07. The van der Waals surface area contributed by atoms with E-state index in [1.165, 1.54) is 19.3 Å². The average Bonchev–Trinajstić information content (AvgIpc) is 2.96.